The number of benzene rings is 1. The highest BCUT2D eigenvalue weighted by molar-refractivity contribution is 5.94. The van der Waals surface area contributed by atoms with Crippen LogP contribution in [0, 0.1) is 0 Å². The van der Waals surface area contributed by atoms with Crippen molar-refractivity contribution in [3.63, 3.8) is 0 Å². The maximum Gasteiger partial charge on any atom is 0.431 e. The average molecular weight is 338 g/mol. The Hall–Kier alpha value is -2.77. The van der Waals surface area contributed by atoms with Crippen molar-refractivity contribution >= 4 is 5.91 Å². The van der Waals surface area contributed by atoms with Gasteiger partial charge in [-0.15, -0.1) is 0 Å². The highest BCUT2D eigenvalue weighted by atomic mass is 19.4. The highest BCUT2D eigenvalue weighted by Gasteiger charge is 2.32. The summed E-state index contributed by atoms with van der Waals surface area (Å²) in [7, 11) is 0. The summed E-state index contributed by atoms with van der Waals surface area (Å²) in [5.74, 6) is -0.0953. The fourth-order valence-corrected chi connectivity index (χ4v) is 2.55. The Morgan fingerprint density at radius 1 is 1.21 bits per heavy atom. The van der Waals surface area contributed by atoms with E-state index >= 15 is 0 Å². The lowest BCUT2D eigenvalue weighted by Crippen LogP contribution is -2.35. The van der Waals surface area contributed by atoms with Gasteiger partial charge in [0, 0.05) is 12.0 Å². The Morgan fingerprint density at radius 2 is 1.96 bits per heavy atom. The topological polar surface area (TPSA) is 71.2 Å². The Bertz CT molecular complexity index is 830. The quantitative estimate of drug-likeness (QED) is 0.884. The van der Waals surface area contributed by atoms with E-state index in [0.29, 0.717) is 24.8 Å². The molecule has 2 heterocycles. The average Bonchev–Trinajstić information content (AvgIpc) is 2.54. The summed E-state index contributed by atoms with van der Waals surface area (Å²) in [5, 5.41) is 2.67. The van der Waals surface area contributed by atoms with Crippen LogP contribution in [0.2, 0.25) is 0 Å². The molecule has 8 heteroatoms. The zero-order valence-corrected chi connectivity index (χ0v) is 12.3. The number of nitrogens with one attached hydrogen (secondary N) is 2. The fraction of sp³-hybridized carbons (Fsp3) is 0.250. The van der Waals surface area contributed by atoms with E-state index in [1.165, 1.54) is 0 Å². The molecule has 0 spiro atoms. The number of fused-ring (bicyclic) bond motifs is 1. The summed E-state index contributed by atoms with van der Waals surface area (Å²) in [6.45, 7) is 0.394. The molecule has 0 aliphatic carbocycles. The maximum atomic E-state index is 12.6. The van der Waals surface area contributed by atoms with Crippen LogP contribution in [0.5, 0.6) is 5.75 Å². The number of para-hydroxylation sites is 1. The van der Waals surface area contributed by atoms with Gasteiger partial charge in [0.15, 0.2) is 0 Å². The molecule has 24 heavy (non-hydrogen) atoms. The van der Waals surface area contributed by atoms with Crippen molar-refractivity contribution in [3.8, 4) is 5.75 Å². The number of H-pyrrole nitrogens is 1. The van der Waals surface area contributed by atoms with Crippen LogP contribution in [0.25, 0.3) is 0 Å². The van der Waals surface area contributed by atoms with Crippen molar-refractivity contribution in [3.05, 3.63) is 63.6 Å². The fourth-order valence-electron chi connectivity index (χ4n) is 2.55. The number of carbonyl (C=O) groups excluding carboxylic acids is 1. The number of carbonyl (C=O) groups is 1. The molecule has 0 saturated carbocycles. The van der Waals surface area contributed by atoms with Gasteiger partial charge in [-0.1, -0.05) is 18.2 Å². The first kappa shape index (κ1) is 16.1. The molecule has 0 bridgehead atoms. The molecule has 2 aromatic rings. The molecule has 1 atom stereocenters. The van der Waals surface area contributed by atoms with Crippen molar-refractivity contribution in [1.82, 2.24) is 10.3 Å². The second-order valence-electron chi connectivity index (χ2n) is 5.31. The van der Waals surface area contributed by atoms with Gasteiger partial charge in [0.25, 0.3) is 11.5 Å². The van der Waals surface area contributed by atoms with E-state index in [-0.39, 0.29) is 11.6 Å². The van der Waals surface area contributed by atoms with Gasteiger partial charge in [0.1, 0.15) is 17.0 Å². The third-order valence-electron chi connectivity index (χ3n) is 3.72. The zero-order chi connectivity index (χ0) is 17.3. The normalized spacial score (nSPS) is 16.9. The Labute approximate surface area is 134 Å². The number of hydrogen-bond acceptors (Lipinski definition) is 3. The number of pyridine rings is 1. The van der Waals surface area contributed by atoms with Crippen LogP contribution in [0.4, 0.5) is 13.2 Å². The molecule has 5 nitrogen and oxygen atoms in total. The SMILES string of the molecule is O=C(N[C@@H]1CCOc2ccccc21)c1ccc(C(F)(F)F)[nH]c1=O. The van der Waals surface area contributed by atoms with Gasteiger partial charge < -0.3 is 15.0 Å². The molecule has 0 saturated heterocycles. The van der Waals surface area contributed by atoms with E-state index in [1.54, 1.807) is 29.2 Å². The molecule has 126 valence electrons. The summed E-state index contributed by atoms with van der Waals surface area (Å²) >= 11 is 0. The second kappa shape index (κ2) is 6.03. The van der Waals surface area contributed by atoms with Crippen LogP contribution in [0.1, 0.15) is 34.1 Å². The van der Waals surface area contributed by atoms with Crippen LogP contribution in [-0.2, 0) is 6.18 Å². The molecule has 1 aromatic carbocycles. The minimum atomic E-state index is -4.67. The van der Waals surface area contributed by atoms with Crippen LogP contribution in [0.3, 0.4) is 0 Å². The van der Waals surface area contributed by atoms with Gasteiger partial charge >= 0.3 is 6.18 Å². The predicted octanol–water partition coefficient (Wildman–Crippen LogP) is 2.65. The molecular weight excluding hydrogens is 325 g/mol. The summed E-state index contributed by atoms with van der Waals surface area (Å²) < 4.78 is 43.1. The van der Waals surface area contributed by atoms with Gasteiger partial charge in [-0.05, 0) is 18.2 Å². The standard InChI is InChI=1S/C16H13F3N2O3/c17-16(18,19)13-6-5-10(15(23)21-13)14(22)20-11-7-8-24-12-4-2-1-3-9(11)12/h1-6,11H,7-8H2,(H,20,22)(H,21,23)/t11-/m1/s1. The lowest BCUT2D eigenvalue weighted by Gasteiger charge is -2.26. The van der Waals surface area contributed by atoms with E-state index in [9.17, 15) is 22.8 Å². The largest absolute Gasteiger partial charge is 0.493 e. The lowest BCUT2D eigenvalue weighted by atomic mass is 10.0. The summed E-state index contributed by atoms with van der Waals surface area (Å²) in [4.78, 5) is 25.7. The zero-order valence-electron chi connectivity index (χ0n) is 12.3. The van der Waals surface area contributed by atoms with Gasteiger partial charge in [-0.25, -0.2) is 0 Å². The van der Waals surface area contributed by atoms with Gasteiger partial charge in [-0.2, -0.15) is 13.2 Å². The summed E-state index contributed by atoms with van der Waals surface area (Å²) in [5.41, 5.74) is -1.88. The van der Waals surface area contributed by atoms with E-state index in [2.05, 4.69) is 5.32 Å². The molecule has 1 aliphatic rings. The first-order valence-electron chi connectivity index (χ1n) is 7.19. The maximum absolute atomic E-state index is 12.6. The minimum absolute atomic E-state index is 0.369. The molecule has 2 N–H and O–H groups in total. The Balaban J connectivity index is 1.83. The van der Waals surface area contributed by atoms with E-state index in [1.807, 2.05) is 0 Å². The predicted molar refractivity (Wildman–Crippen MR) is 78.8 cm³/mol. The Morgan fingerprint density at radius 3 is 2.67 bits per heavy atom. The van der Waals surface area contributed by atoms with Crippen LogP contribution in [0.15, 0.2) is 41.2 Å². The van der Waals surface area contributed by atoms with Crippen LogP contribution >= 0.6 is 0 Å². The molecular formula is C16H13F3N2O3. The molecule has 0 radical (unpaired) electrons. The monoisotopic (exact) mass is 338 g/mol. The number of rotatable bonds is 2. The highest BCUT2D eigenvalue weighted by Crippen LogP contribution is 2.31. The molecule has 0 fully saturated rings. The number of aromatic nitrogens is 1. The second-order valence-corrected chi connectivity index (χ2v) is 5.31. The number of aromatic amines is 1. The molecule has 3 rings (SSSR count). The van der Waals surface area contributed by atoms with Crippen molar-refractivity contribution < 1.29 is 22.7 Å². The van der Waals surface area contributed by atoms with E-state index < -0.39 is 23.3 Å². The van der Waals surface area contributed by atoms with Crippen LogP contribution < -0.4 is 15.6 Å². The third-order valence-corrected chi connectivity index (χ3v) is 3.72. The number of halogens is 3. The van der Waals surface area contributed by atoms with Gasteiger partial charge in [0.2, 0.25) is 0 Å². The lowest BCUT2D eigenvalue weighted by molar-refractivity contribution is -0.141. The minimum Gasteiger partial charge on any atom is -0.493 e. The number of hydrogen-bond donors (Lipinski definition) is 2. The number of alkyl halides is 3. The third kappa shape index (κ3) is 3.12. The Kier molecular flexibility index (Phi) is 4.04. The number of amides is 1. The number of ether oxygens (including phenoxy) is 1. The molecule has 1 amide bonds. The van der Waals surface area contributed by atoms with Crippen molar-refractivity contribution in [2.45, 2.75) is 18.6 Å². The van der Waals surface area contributed by atoms with Crippen molar-refractivity contribution in [2.24, 2.45) is 0 Å². The van der Waals surface area contributed by atoms with E-state index in [4.69, 9.17) is 4.74 Å². The smallest absolute Gasteiger partial charge is 0.431 e. The molecule has 1 aliphatic heterocycles. The first-order valence-corrected chi connectivity index (χ1v) is 7.19. The molecule has 1 aromatic heterocycles. The van der Waals surface area contributed by atoms with E-state index in [0.717, 1.165) is 11.6 Å². The van der Waals surface area contributed by atoms with Crippen molar-refractivity contribution in [1.29, 1.82) is 0 Å². The van der Waals surface area contributed by atoms with Gasteiger partial charge in [0.05, 0.1) is 12.6 Å². The van der Waals surface area contributed by atoms with Crippen molar-refractivity contribution in [2.75, 3.05) is 6.61 Å². The summed E-state index contributed by atoms with van der Waals surface area (Å²) in [6.07, 6.45) is -4.17. The summed E-state index contributed by atoms with van der Waals surface area (Å²) in [6, 6.07) is 8.32. The first-order chi connectivity index (χ1) is 11.4. The van der Waals surface area contributed by atoms with Gasteiger partial charge in [-0.3, -0.25) is 9.59 Å². The molecule has 0 unspecified atom stereocenters. The van der Waals surface area contributed by atoms with Crippen LogP contribution in [-0.4, -0.2) is 17.5 Å².